The van der Waals surface area contributed by atoms with Crippen LogP contribution in [0.2, 0.25) is 0 Å². The van der Waals surface area contributed by atoms with Crippen molar-refractivity contribution in [2.75, 3.05) is 121 Å². The fraction of sp³-hybridized carbons (Fsp3) is 0.359. The van der Waals surface area contributed by atoms with E-state index in [4.69, 9.17) is 9.47 Å². The van der Waals surface area contributed by atoms with E-state index in [0.29, 0.717) is 58.3 Å². The van der Waals surface area contributed by atoms with E-state index in [0.717, 1.165) is 211 Å². The van der Waals surface area contributed by atoms with Crippen molar-refractivity contribution < 1.29 is 78.5 Å². The van der Waals surface area contributed by atoms with Gasteiger partial charge in [-0.05, 0) is 234 Å². The van der Waals surface area contributed by atoms with Crippen LogP contribution in [-0.2, 0) is 103 Å². The van der Waals surface area contributed by atoms with Gasteiger partial charge in [-0.2, -0.15) is 0 Å². The van der Waals surface area contributed by atoms with E-state index in [-0.39, 0.29) is 61.5 Å². The number of ether oxygens (including phenoxy) is 2. The lowest BCUT2D eigenvalue weighted by molar-refractivity contribution is -0.936. The molecule has 12 aromatic rings. The number of quaternary nitrogens is 4. The summed E-state index contributed by atoms with van der Waals surface area (Å²) in [7, 11) is 14.6. The molecule has 0 saturated heterocycles. The summed E-state index contributed by atoms with van der Waals surface area (Å²) in [4.78, 5) is 4.98. The Bertz CT molecular complexity index is 6300. The van der Waals surface area contributed by atoms with E-state index in [2.05, 4.69) is 227 Å². The standard InChI is InChI=1S/2C22H27NO3.C22H27NO2.2C21H25NO.C20H25NO2/c2*1-3-9-23(2)10-8-18-11-17(14-24)5-7-20(18)21(23)12-16-4-6-19(15-25)22(26)13-16;1-5-11-23(3)12-10-18-13-16(2)6-8-19(18)20(23)14-17-7-9-22(25-4)21(24)15-17;2*1-4-10-22-11-9-18-12-15(2)5-8-19(18)20(22)13-17-7-6-16(3)21(23)14-17;1-14-5-7-17-16(11-14)9-10-21(2,3)18(17)12-15-6-8-20(23-4)19(22)13-15/h2*3-7,11,13,21,24-25H,1,8-10,12,14-15H2,2H3;5-9,13,15,20H,1,10-12,14H2,2-4H3;2*4-8,12,14,20,23H,1,9-11,13H2,2-3H3;5-8,11,13,18H,9-10,12H2,1-4H3/p+4/t21-,23+;21-,23-;20-,23-;2*20-;18-/m110100/s1. The summed E-state index contributed by atoms with van der Waals surface area (Å²) in [6, 6.07) is 76.4. The zero-order valence-electron chi connectivity index (χ0n) is 88.7. The number of phenols is 6. The van der Waals surface area contributed by atoms with Crippen molar-refractivity contribution in [1.82, 2.24) is 9.80 Å². The number of hydrogen-bond acceptors (Lipinski definition) is 14. The molecular formula is C128H160N6O12+4. The van der Waals surface area contributed by atoms with Gasteiger partial charge in [0.15, 0.2) is 23.0 Å². The van der Waals surface area contributed by atoms with Crippen LogP contribution in [0, 0.1) is 41.5 Å². The zero-order valence-corrected chi connectivity index (χ0v) is 88.7. The Labute approximate surface area is 869 Å². The van der Waals surface area contributed by atoms with Gasteiger partial charge < -0.3 is 78.5 Å². The molecule has 10 N–H and O–H groups in total. The maximum Gasteiger partial charge on any atom is 0.160 e. The van der Waals surface area contributed by atoms with Crippen LogP contribution in [0.1, 0.15) is 192 Å². The summed E-state index contributed by atoms with van der Waals surface area (Å²) >= 11 is 0. The fourth-order valence-corrected chi connectivity index (χ4v) is 23.0. The Morgan fingerprint density at radius 3 is 0.884 bits per heavy atom. The highest BCUT2D eigenvalue weighted by Gasteiger charge is 2.43. The number of aliphatic hydroxyl groups excluding tert-OH is 4. The van der Waals surface area contributed by atoms with Crippen LogP contribution in [0.15, 0.2) is 282 Å². The van der Waals surface area contributed by atoms with Gasteiger partial charge in [0.25, 0.3) is 0 Å². The van der Waals surface area contributed by atoms with Gasteiger partial charge >= 0.3 is 0 Å². The quantitative estimate of drug-likeness (QED) is 0.0163. The van der Waals surface area contributed by atoms with Crippen molar-refractivity contribution in [1.29, 1.82) is 0 Å². The molecular weight excluding hydrogens is 1810 g/mol. The summed E-state index contributed by atoms with van der Waals surface area (Å²) < 4.78 is 14.0. The lowest BCUT2D eigenvalue weighted by Crippen LogP contribution is -2.52. The summed E-state index contributed by atoms with van der Waals surface area (Å²) in [5.41, 5.74) is 33.7. The third-order valence-electron chi connectivity index (χ3n) is 31.7. The molecule has 0 fully saturated rings. The van der Waals surface area contributed by atoms with E-state index in [1.54, 1.807) is 38.5 Å². The van der Waals surface area contributed by atoms with Gasteiger partial charge in [-0.25, -0.2) is 0 Å². The minimum atomic E-state index is -0.160. The highest BCUT2D eigenvalue weighted by atomic mass is 16.5. The van der Waals surface area contributed by atoms with Crippen molar-refractivity contribution in [3.63, 3.8) is 0 Å². The fourth-order valence-electron chi connectivity index (χ4n) is 23.0. The first-order chi connectivity index (χ1) is 70.0. The summed E-state index contributed by atoms with van der Waals surface area (Å²) in [5.74, 6) is 2.54. The topological polar surface area (TPSA) is 227 Å². The molecule has 0 aliphatic carbocycles. The minimum Gasteiger partial charge on any atom is -0.508 e. The molecule has 146 heavy (non-hydrogen) atoms. The molecule has 6 heterocycles. The molecule has 18 heteroatoms. The number of aryl methyl sites for hydroxylation is 6. The highest BCUT2D eigenvalue weighted by Crippen LogP contribution is 2.46. The first-order valence-corrected chi connectivity index (χ1v) is 51.9. The molecule has 18 nitrogen and oxygen atoms in total. The molecule has 0 spiro atoms. The van der Waals surface area contributed by atoms with Crippen LogP contribution in [0.25, 0.3) is 0 Å². The molecule has 18 rings (SSSR count). The van der Waals surface area contributed by atoms with E-state index >= 15 is 0 Å². The van der Waals surface area contributed by atoms with Gasteiger partial charge in [0.2, 0.25) is 0 Å². The van der Waals surface area contributed by atoms with Crippen molar-refractivity contribution in [2.24, 2.45) is 0 Å². The molecule has 0 amide bonds. The van der Waals surface area contributed by atoms with Crippen LogP contribution in [0.5, 0.6) is 46.0 Å². The Balaban J connectivity index is 0.000000147. The van der Waals surface area contributed by atoms with Crippen LogP contribution >= 0.6 is 0 Å². The van der Waals surface area contributed by atoms with Crippen LogP contribution in [0.4, 0.5) is 0 Å². The number of benzene rings is 12. The highest BCUT2D eigenvalue weighted by molar-refractivity contribution is 5.49. The predicted octanol–water partition coefficient (Wildman–Crippen LogP) is 22.2. The molecule has 0 saturated carbocycles. The third kappa shape index (κ3) is 27.0. The third-order valence-corrected chi connectivity index (χ3v) is 31.7. The number of phenolic OH excluding ortho intramolecular Hbond substituents is 4. The number of nitrogens with zero attached hydrogens (tertiary/aromatic N) is 6. The second-order valence-electron chi connectivity index (χ2n) is 42.6. The molecule has 12 aromatic carbocycles. The molecule has 0 radical (unpaired) electrons. The molecule has 6 aliphatic rings. The first kappa shape index (κ1) is 111. The predicted molar refractivity (Wildman–Crippen MR) is 592 cm³/mol. The van der Waals surface area contributed by atoms with E-state index in [1.807, 2.05) is 117 Å². The molecule has 6 aliphatic heterocycles. The zero-order chi connectivity index (χ0) is 105. The van der Waals surface area contributed by atoms with Crippen molar-refractivity contribution in [3.8, 4) is 46.0 Å². The van der Waals surface area contributed by atoms with Gasteiger partial charge in [-0.3, -0.25) is 9.80 Å². The average molecular weight is 1970 g/mol. The number of fused-ring (bicyclic) bond motifs is 6. The molecule has 0 bridgehead atoms. The van der Waals surface area contributed by atoms with Crippen molar-refractivity contribution in [3.05, 3.63) is 437 Å². The number of hydrogen-bond donors (Lipinski definition) is 10. The van der Waals surface area contributed by atoms with Gasteiger partial charge in [-0.1, -0.05) is 224 Å². The van der Waals surface area contributed by atoms with Crippen LogP contribution in [-0.4, -0.2) is 200 Å². The monoisotopic (exact) mass is 1970 g/mol. The van der Waals surface area contributed by atoms with Gasteiger partial charge in [0.05, 0.1) is 122 Å². The SMILES string of the molecule is C=CCN1CCc2cc(C)ccc2[C@@H]1Cc1ccc(C)c(O)c1.C=CCN1CCc2cc(C)ccc2[C@H]1Cc1ccc(C)c(O)c1.C=CC[N@+]1(C)CCc2cc(CO)ccc2[C@H]1Cc1ccc(CO)c(O)c1.C=CC[N@@+]1(C)CCc2cc(C)ccc2[C@@H]1Cc1ccc(OC)c(O)c1.C=CC[N@@+]1(C)CCc2cc(CO)ccc2[C@H]1Cc1ccc(CO)c(O)c1.COc1ccc(C[C@H]2c3ccc(C)cc3CC[N+]2(C)C)cc1O. The van der Waals surface area contributed by atoms with E-state index in [1.165, 1.54) is 100 Å². The number of methoxy groups -OCH3 is 2. The largest absolute Gasteiger partial charge is 0.508 e. The maximum atomic E-state index is 10.1. The Hall–Kier alpha value is -12.7. The number of aliphatic hydroxyl groups is 4. The van der Waals surface area contributed by atoms with Crippen molar-refractivity contribution >= 4 is 0 Å². The smallest absolute Gasteiger partial charge is 0.160 e. The lowest BCUT2D eigenvalue weighted by Gasteiger charge is -2.45. The van der Waals surface area contributed by atoms with Crippen LogP contribution in [0.3, 0.4) is 0 Å². The van der Waals surface area contributed by atoms with Crippen LogP contribution < -0.4 is 9.47 Å². The lowest BCUT2D eigenvalue weighted by atomic mass is 9.85. The van der Waals surface area contributed by atoms with E-state index < -0.39 is 0 Å². The summed E-state index contributed by atoms with van der Waals surface area (Å²) in [6.07, 6.45) is 21.6. The average Bonchev–Trinajstić information content (AvgIpc) is 0.763. The second-order valence-corrected chi connectivity index (χ2v) is 42.6. The van der Waals surface area contributed by atoms with Crippen molar-refractivity contribution in [2.45, 2.75) is 181 Å². The van der Waals surface area contributed by atoms with Gasteiger partial charge in [0, 0.05) is 123 Å². The Kier molecular flexibility index (Phi) is 38.0. The number of rotatable bonds is 28. The minimum absolute atomic E-state index is 0.0627. The maximum absolute atomic E-state index is 10.1. The van der Waals surface area contributed by atoms with Gasteiger partial charge in [-0.15, -0.1) is 13.2 Å². The number of likely N-dealkylation sites (N-methyl/N-ethyl adjacent to an activating group) is 4. The molecule has 9 atom stereocenters. The second kappa shape index (κ2) is 50.2. The first-order valence-electron chi connectivity index (χ1n) is 51.9. The molecule has 770 valence electrons. The summed E-state index contributed by atoms with van der Waals surface area (Å²) in [6.45, 7) is 42.9. The van der Waals surface area contributed by atoms with E-state index in [9.17, 15) is 51.1 Å². The molecule has 0 aromatic heterocycles. The summed E-state index contributed by atoms with van der Waals surface area (Å²) in [5, 5.41) is 97.8. The molecule has 0 unspecified atom stereocenters. The normalized spacial score (nSPS) is 20.3. The number of aromatic hydroxyl groups is 6. The Morgan fingerprint density at radius 1 is 0.288 bits per heavy atom. The Morgan fingerprint density at radius 2 is 0.568 bits per heavy atom. The van der Waals surface area contributed by atoms with Gasteiger partial charge in [0.1, 0.15) is 47.2 Å².